The Hall–Kier alpha value is -2.86. The molecule has 2 N–H and O–H groups in total. The van der Waals surface area contributed by atoms with Crippen molar-refractivity contribution in [2.75, 3.05) is 14.2 Å². The number of amides is 1. The molecule has 23 heavy (non-hydrogen) atoms. The minimum Gasteiger partial charge on any atom is -0.493 e. The van der Waals surface area contributed by atoms with E-state index in [0.717, 1.165) is 0 Å². The van der Waals surface area contributed by atoms with Crippen LogP contribution in [-0.4, -0.2) is 31.4 Å². The number of carbonyl (C=O) groups is 1. The molecule has 0 heterocycles. The second kappa shape index (κ2) is 7.95. The Morgan fingerprint density at radius 3 is 2.52 bits per heavy atom. The molecule has 0 aliphatic rings. The first-order valence-corrected chi connectivity index (χ1v) is 6.94. The van der Waals surface area contributed by atoms with Crippen LogP contribution < -0.4 is 14.9 Å². The van der Waals surface area contributed by atoms with Gasteiger partial charge in [-0.25, -0.2) is 5.43 Å². The molecule has 0 aliphatic carbocycles. The van der Waals surface area contributed by atoms with E-state index in [4.69, 9.17) is 9.47 Å². The number of benzene rings is 2. The predicted octanol–water partition coefficient (Wildman–Crippen LogP) is 1.89. The first-order valence-electron chi connectivity index (χ1n) is 6.94. The summed E-state index contributed by atoms with van der Waals surface area (Å²) < 4.78 is 10.4. The zero-order chi connectivity index (χ0) is 16.7. The fraction of sp³-hybridized carbons (Fsp3) is 0.176. The van der Waals surface area contributed by atoms with E-state index < -0.39 is 12.0 Å². The summed E-state index contributed by atoms with van der Waals surface area (Å²) in [5.41, 5.74) is 3.44. The van der Waals surface area contributed by atoms with E-state index >= 15 is 0 Å². The monoisotopic (exact) mass is 314 g/mol. The molecule has 1 amide bonds. The first-order chi connectivity index (χ1) is 11.2. The Morgan fingerprint density at radius 1 is 1.13 bits per heavy atom. The molecule has 6 nitrogen and oxygen atoms in total. The van der Waals surface area contributed by atoms with Gasteiger partial charge in [-0.15, -0.1) is 0 Å². The quantitative estimate of drug-likeness (QED) is 0.630. The van der Waals surface area contributed by atoms with Gasteiger partial charge in [-0.3, -0.25) is 4.79 Å². The van der Waals surface area contributed by atoms with Crippen molar-refractivity contribution in [1.29, 1.82) is 0 Å². The number of para-hydroxylation sites is 1. The van der Waals surface area contributed by atoms with Crippen LogP contribution in [0, 0.1) is 0 Å². The smallest absolute Gasteiger partial charge is 0.273 e. The van der Waals surface area contributed by atoms with Gasteiger partial charge in [0.1, 0.15) is 0 Å². The van der Waals surface area contributed by atoms with E-state index in [2.05, 4.69) is 10.5 Å². The molecule has 0 spiro atoms. The Balaban J connectivity index is 2.06. The van der Waals surface area contributed by atoms with Crippen LogP contribution in [0.15, 0.2) is 53.6 Å². The van der Waals surface area contributed by atoms with Gasteiger partial charge in [-0.1, -0.05) is 36.4 Å². The van der Waals surface area contributed by atoms with Crippen molar-refractivity contribution >= 4 is 12.1 Å². The highest BCUT2D eigenvalue weighted by molar-refractivity contribution is 5.87. The van der Waals surface area contributed by atoms with Crippen LogP contribution in [0.1, 0.15) is 17.2 Å². The number of hydrogen-bond donors (Lipinski definition) is 2. The Kier molecular flexibility index (Phi) is 5.71. The molecular formula is C17H18N2O4. The fourth-order valence-electron chi connectivity index (χ4n) is 2.03. The van der Waals surface area contributed by atoms with E-state index in [1.54, 1.807) is 48.5 Å². The molecule has 0 fully saturated rings. The normalized spacial score (nSPS) is 12.0. The minimum absolute atomic E-state index is 0.499. The zero-order valence-corrected chi connectivity index (χ0v) is 12.9. The lowest BCUT2D eigenvalue weighted by molar-refractivity contribution is -0.129. The largest absolute Gasteiger partial charge is 0.493 e. The zero-order valence-electron chi connectivity index (χ0n) is 12.9. The van der Waals surface area contributed by atoms with E-state index in [9.17, 15) is 9.90 Å². The number of ether oxygens (including phenoxy) is 2. The number of aliphatic hydroxyl groups excluding tert-OH is 1. The van der Waals surface area contributed by atoms with Crippen LogP contribution in [0.25, 0.3) is 0 Å². The molecule has 0 aromatic heterocycles. The Bertz CT molecular complexity index is 686. The third-order valence-electron chi connectivity index (χ3n) is 3.18. The van der Waals surface area contributed by atoms with Crippen LogP contribution in [0.5, 0.6) is 11.5 Å². The maximum Gasteiger partial charge on any atom is 0.273 e. The molecule has 0 radical (unpaired) electrons. The van der Waals surface area contributed by atoms with Crippen molar-refractivity contribution < 1.29 is 19.4 Å². The first kappa shape index (κ1) is 16.5. The second-order valence-electron chi connectivity index (χ2n) is 4.63. The predicted molar refractivity (Wildman–Crippen MR) is 86.7 cm³/mol. The van der Waals surface area contributed by atoms with E-state index in [1.807, 2.05) is 0 Å². The number of carbonyl (C=O) groups excluding carboxylic acids is 1. The molecule has 2 rings (SSSR count). The molecule has 0 saturated heterocycles. The summed E-state index contributed by atoms with van der Waals surface area (Å²) in [5, 5.41) is 13.8. The highest BCUT2D eigenvalue weighted by Gasteiger charge is 2.16. The summed E-state index contributed by atoms with van der Waals surface area (Å²) in [6.45, 7) is 0. The molecular weight excluding hydrogens is 296 g/mol. The van der Waals surface area contributed by atoms with Crippen LogP contribution in [0.4, 0.5) is 0 Å². The SMILES string of the molecule is COc1cccc(/C=N/NC(=O)C(O)c2ccccc2)c1OC. The summed E-state index contributed by atoms with van der Waals surface area (Å²) in [7, 11) is 3.06. The lowest BCUT2D eigenvalue weighted by atomic mass is 10.1. The average Bonchev–Trinajstić information content (AvgIpc) is 2.61. The number of methoxy groups -OCH3 is 2. The van der Waals surface area contributed by atoms with Gasteiger partial charge in [-0.2, -0.15) is 5.10 Å². The lowest BCUT2D eigenvalue weighted by Gasteiger charge is -2.10. The third kappa shape index (κ3) is 4.08. The number of hydrazone groups is 1. The fourth-order valence-corrected chi connectivity index (χ4v) is 2.03. The average molecular weight is 314 g/mol. The summed E-state index contributed by atoms with van der Waals surface area (Å²) in [4.78, 5) is 11.9. The molecule has 120 valence electrons. The molecule has 0 bridgehead atoms. The van der Waals surface area contributed by atoms with Gasteiger partial charge in [-0.05, 0) is 17.7 Å². The highest BCUT2D eigenvalue weighted by atomic mass is 16.5. The van der Waals surface area contributed by atoms with Gasteiger partial charge < -0.3 is 14.6 Å². The van der Waals surface area contributed by atoms with E-state index in [0.29, 0.717) is 22.6 Å². The second-order valence-corrected chi connectivity index (χ2v) is 4.63. The van der Waals surface area contributed by atoms with Gasteiger partial charge in [0.15, 0.2) is 17.6 Å². The number of aliphatic hydroxyl groups is 1. The summed E-state index contributed by atoms with van der Waals surface area (Å²) in [6.07, 6.45) is 0.150. The Labute approximate surface area is 134 Å². The van der Waals surface area contributed by atoms with E-state index in [-0.39, 0.29) is 0 Å². The van der Waals surface area contributed by atoms with Crippen molar-refractivity contribution in [3.63, 3.8) is 0 Å². The van der Waals surface area contributed by atoms with Crippen LogP contribution >= 0.6 is 0 Å². The molecule has 0 aliphatic heterocycles. The molecule has 2 aromatic rings. The van der Waals surface area contributed by atoms with Crippen molar-refractivity contribution in [3.05, 3.63) is 59.7 Å². The van der Waals surface area contributed by atoms with Gasteiger partial charge in [0.25, 0.3) is 5.91 Å². The van der Waals surface area contributed by atoms with Crippen molar-refractivity contribution in [3.8, 4) is 11.5 Å². The maximum absolute atomic E-state index is 11.9. The number of nitrogens with zero attached hydrogens (tertiary/aromatic N) is 1. The molecule has 6 heteroatoms. The van der Waals surface area contributed by atoms with Crippen LogP contribution in [0.3, 0.4) is 0 Å². The summed E-state index contributed by atoms with van der Waals surface area (Å²) >= 11 is 0. The van der Waals surface area contributed by atoms with Gasteiger partial charge in [0, 0.05) is 5.56 Å². The van der Waals surface area contributed by atoms with Crippen LogP contribution in [0.2, 0.25) is 0 Å². The van der Waals surface area contributed by atoms with Crippen molar-refractivity contribution in [2.24, 2.45) is 5.10 Å². The minimum atomic E-state index is -1.28. The highest BCUT2D eigenvalue weighted by Crippen LogP contribution is 2.29. The number of hydrogen-bond acceptors (Lipinski definition) is 5. The third-order valence-corrected chi connectivity index (χ3v) is 3.18. The van der Waals surface area contributed by atoms with Crippen LogP contribution in [-0.2, 0) is 4.79 Å². The summed E-state index contributed by atoms with van der Waals surface area (Å²) in [6, 6.07) is 13.9. The number of nitrogens with one attached hydrogen (secondary N) is 1. The van der Waals surface area contributed by atoms with E-state index in [1.165, 1.54) is 20.4 Å². The molecule has 0 saturated carbocycles. The lowest BCUT2D eigenvalue weighted by Crippen LogP contribution is -2.25. The van der Waals surface area contributed by atoms with Crippen molar-refractivity contribution in [2.45, 2.75) is 6.10 Å². The molecule has 1 atom stereocenters. The standard InChI is InChI=1S/C17H18N2O4/c1-22-14-10-6-9-13(16(14)23-2)11-18-19-17(21)15(20)12-7-4-3-5-8-12/h3-11,15,20H,1-2H3,(H,19,21)/b18-11+. The van der Waals surface area contributed by atoms with Gasteiger partial charge >= 0.3 is 0 Å². The van der Waals surface area contributed by atoms with Crippen molar-refractivity contribution in [1.82, 2.24) is 5.43 Å². The topological polar surface area (TPSA) is 80.2 Å². The van der Waals surface area contributed by atoms with Gasteiger partial charge in [0.2, 0.25) is 0 Å². The van der Waals surface area contributed by atoms with Gasteiger partial charge in [0.05, 0.1) is 20.4 Å². The number of rotatable bonds is 6. The summed E-state index contributed by atoms with van der Waals surface area (Å²) in [5.74, 6) is 0.456. The molecule has 1 unspecified atom stereocenters. The maximum atomic E-state index is 11.9. The Morgan fingerprint density at radius 2 is 1.87 bits per heavy atom. The molecule has 2 aromatic carbocycles.